The molecule has 0 rings (SSSR count). The first kappa shape index (κ1) is 6.47. The molecule has 0 aromatic rings. The van der Waals surface area contributed by atoms with Crippen molar-refractivity contribution in [2.24, 2.45) is 0 Å². The predicted molar refractivity (Wildman–Crippen MR) is 28.7 cm³/mol. The zero-order valence-corrected chi connectivity index (χ0v) is 4.69. The van der Waals surface area contributed by atoms with Crippen molar-refractivity contribution in [3.63, 3.8) is 0 Å². The summed E-state index contributed by atoms with van der Waals surface area (Å²) in [5.74, 6) is 0.0718. The molecule has 0 saturated heterocycles. The Labute approximate surface area is 43.9 Å². The van der Waals surface area contributed by atoms with Crippen LogP contribution in [0.2, 0.25) is 0 Å². The van der Waals surface area contributed by atoms with Gasteiger partial charge in [0.15, 0.2) is 0 Å². The third-order valence-electron chi connectivity index (χ3n) is 0.668. The summed E-state index contributed by atoms with van der Waals surface area (Å²) >= 11 is 0. The van der Waals surface area contributed by atoms with E-state index in [1.807, 2.05) is 13.3 Å². The van der Waals surface area contributed by atoms with Gasteiger partial charge >= 0.3 is 0 Å². The highest BCUT2D eigenvalue weighted by molar-refractivity contribution is 5.76. The molecule has 0 spiro atoms. The Bertz CT molecular complexity index is 61.1. The van der Waals surface area contributed by atoms with Gasteiger partial charge in [-0.3, -0.25) is 4.79 Å². The molecule has 1 N–H and O–H groups in total. The molecule has 0 fully saturated rings. The molecule has 0 aliphatic heterocycles. The van der Waals surface area contributed by atoms with Crippen LogP contribution >= 0.6 is 0 Å². The van der Waals surface area contributed by atoms with Gasteiger partial charge in [-0.25, -0.2) is 0 Å². The largest absolute Gasteiger partial charge is 0.359 e. The first-order valence-corrected chi connectivity index (χ1v) is 2.29. The van der Waals surface area contributed by atoms with Crippen LogP contribution in [0, 0.1) is 6.42 Å². The highest BCUT2D eigenvalue weighted by Gasteiger charge is 1.90. The molecule has 0 aromatic carbocycles. The fourth-order valence-corrected chi connectivity index (χ4v) is 0.287. The second kappa shape index (κ2) is 3.65. The summed E-state index contributed by atoms with van der Waals surface area (Å²) in [5.41, 5.74) is 0. The number of hydrogen-bond donors (Lipinski definition) is 1. The molecule has 0 heterocycles. The molecule has 41 valence electrons. The molecular formula is C5H10NO. The van der Waals surface area contributed by atoms with Crippen LogP contribution in [0.25, 0.3) is 0 Å². The van der Waals surface area contributed by atoms with Crippen molar-refractivity contribution in [1.29, 1.82) is 0 Å². The van der Waals surface area contributed by atoms with E-state index in [1.165, 1.54) is 0 Å². The molecule has 0 atom stereocenters. The lowest BCUT2D eigenvalue weighted by Gasteiger charge is -1.91. The number of amides is 1. The molecule has 0 aromatic heterocycles. The smallest absolute Gasteiger partial charge is 0.220 e. The molecule has 2 nitrogen and oxygen atoms in total. The quantitative estimate of drug-likeness (QED) is 0.533. The molecule has 0 saturated carbocycles. The van der Waals surface area contributed by atoms with E-state index >= 15 is 0 Å². The van der Waals surface area contributed by atoms with Crippen LogP contribution in [0.15, 0.2) is 0 Å². The topological polar surface area (TPSA) is 29.1 Å². The van der Waals surface area contributed by atoms with Gasteiger partial charge in [0, 0.05) is 13.5 Å². The number of hydrogen-bond acceptors (Lipinski definition) is 1. The average molecular weight is 100 g/mol. The SMILES string of the molecule is C[CH]CC(=O)NC. The summed E-state index contributed by atoms with van der Waals surface area (Å²) in [5, 5.41) is 2.50. The monoisotopic (exact) mass is 100 g/mol. The summed E-state index contributed by atoms with van der Waals surface area (Å²) in [4.78, 5) is 10.3. The number of carbonyl (C=O) groups is 1. The first-order valence-electron chi connectivity index (χ1n) is 2.29. The average Bonchev–Trinajstić information content (AvgIpc) is 1.68. The van der Waals surface area contributed by atoms with E-state index in [0.717, 1.165) is 0 Å². The van der Waals surface area contributed by atoms with Crippen molar-refractivity contribution in [2.45, 2.75) is 13.3 Å². The van der Waals surface area contributed by atoms with E-state index in [9.17, 15) is 4.79 Å². The maximum Gasteiger partial charge on any atom is 0.220 e. The zero-order chi connectivity index (χ0) is 5.70. The Morgan fingerprint density at radius 1 is 1.86 bits per heavy atom. The van der Waals surface area contributed by atoms with Crippen LogP contribution in [0.1, 0.15) is 13.3 Å². The fraction of sp³-hybridized carbons (Fsp3) is 0.600. The summed E-state index contributed by atoms with van der Waals surface area (Å²) in [7, 11) is 1.63. The van der Waals surface area contributed by atoms with Crippen LogP contribution in [0.5, 0.6) is 0 Å². The molecule has 1 amide bonds. The molecule has 0 aliphatic rings. The lowest BCUT2D eigenvalue weighted by molar-refractivity contribution is -0.120. The van der Waals surface area contributed by atoms with E-state index < -0.39 is 0 Å². The molecule has 7 heavy (non-hydrogen) atoms. The summed E-state index contributed by atoms with van der Waals surface area (Å²) in [6.45, 7) is 1.86. The van der Waals surface area contributed by atoms with Crippen LogP contribution in [0.3, 0.4) is 0 Å². The lowest BCUT2D eigenvalue weighted by Crippen LogP contribution is -2.16. The van der Waals surface area contributed by atoms with E-state index in [2.05, 4.69) is 5.32 Å². The summed E-state index contributed by atoms with van der Waals surface area (Å²) in [6.07, 6.45) is 2.34. The normalized spacial score (nSPS) is 8.29. The number of carbonyl (C=O) groups excluding carboxylic acids is 1. The zero-order valence-electron chi connectivity index (χ0n) is 4.69. The van der Waals surface area contributed by atoms with Gasteiger partial charge in [-0.2, -0.15) is 0 Å². The van der Waals surface area contributed by atoms with Gasteiger partial charge in [-0.05, 0) is 6.42 Å². The first-order chi connectivity index (χ1) is 3.31. The van der Waals surface area contributed by atoms with Crippen LogP contribution in [0.4, 0.5) is 0 Å². The molecule has 0 aliphatic carbocycles. The molecule has 1 radical (unpaired) electrons. The minimum Gasteiger partial charge on any atom is -0.359 e. The molecular weight excluding hydrogens is 90.1 g/mol. The van der Waals surface area contributed by atoms with Crippen molar-refractivity contribution in [2.75, 3.05) is 7.05 Å². The molecule has 0 bridgehead atoms. The van der Waals surface area contributed by atoms with Crippen molar-refractivity contribution in [3.8, 4) is 0 Å². The lowest BCUT2D eigenvalue weighted by atomic mass is 10.3. The highest BCUT2D eigenvalue weighted by Crippen LogP contribution is 1.80. The maximum atomic E-state index is 10.3. The van der Waals surface area contributed by atoms with Gasteiger partial charge < -0.3 is 5.32 Å². The Kier molecular flexibility index (Phi) is 3.38. The van der Waals surface area contributed by atoms with Crippen molar-refractivity contribution in [1.82, 2.24) is 5.32 Å². The third kappa shape index (κ3) is 3.30. The Morgan fingerprint density at radius 2 is 2.43 bits per heavy atom. The minimum absolute atomic E-state index is 0.0718. The Hall–Kier alpha value is -0.530. The number of rotatable bonds is 2. The number of nitrogens with one attached hydrogen (secondary N) is 1. The van der Waals surface area contributed by atoms with Gasteiger partial charge in [-0.15, -0.1) is 0 Å². The van der Waals surface area contributed by atoms with Crippen molar-refractivity contribution >= 4 is 5.91 Å². The van der Waals surface area contributed by atoms with E-state index in [-0.39, 0.29) is 5.91 Å². The summed E-state index contributed by atoms with van der Waals surface area (Å²) in [6, 6.07) is 0. The second-order valence-electron chi connectivity index (χ2n) is 1.29. The van der Waals surface area contributed by atoms with E-state index in [4.69, 9.17) is 0 Å². The standard InChI is InChI=1S/C5H10NO/c1-3-4-5(7)6-2/h3H,4H2,1-2H3,(H,6,7). The highest BCUT2D eigenvalue weighted by atomic mass is 16.1. The maximum absolute atomic E-state index is 10.3. The minimum atomic E-state index is 0.0718. The molecule has 2 heteroatoms. The predicted octanol–water partition coefficient (Wildman–Crippen LogP) is 0.347. The fourth-order valence-electron chi connectivity index (χ4n) is 0.287. The van der Waals surface area contributed by atoms with Gasteiger partial charge in [0.25, 0.3) is 0 Å². The van der Waals surface area contributed by atoms with Gasteiger partial charge in [0.05, 0.1) is 0 Å². The van der Waals surface area contributed by atoms with Gasteiger partial charge in [0.1, 0.15) is 0 Å². The Balaban J connectivity index is 3.00. The second-order valence-corrected chi connectivity index (χ2v) is 1.29. The van der Waals surface area contributed by atoms with E-state index in [1.54, 1.807) is 7.05 Å². The van der Waals surface area contributed by atoms with Gasteiger partial charge in [-0.1, -0.05) is 6.92 Å². The van der Waals surface area contributed by atoms with Crippen LogP contribution in [-0.2, 0) is 4.79 Å². The van der Waals surface area contributed by atoms with Crippen molar-refractivity contribution in [3.05, 3.63) is 6.42 Å². The van der Waals surface area contributed by atoms with Crippen LogP contribution < -0.4 is 5.32 Å². The Morgan fingerprint density at radius 3 is 2.57 bits per heavy atom. The van der Waals surface area contributed by atoms with Crippen molar-refractivity contribution < 1.29 is 4.79 Å². The van der Waals surface area contributed by atoms with E-state index in [0.29, 0.717) is 6.42 Å². The van der Waals surface area contributed by atoms with Crippen LogP contribution in [-0.4, -0.2) is 13.0 Å². The van der Waals surface area contributed by atoms with Gasteiger partial charge in [0.2, 0.25) is 5.91 Å². The summed E-state index contributed by atoms with van der Waals surface area (Å²) < 4.78 is 0. The molecule has 0 unspecified atom stereocenters. The third-order valence-corrected chi connectivity index (χ3v) is 0.668.